The Morgan fingerprint density at radius 2 is 1.76 bits per heavy atom. The van der Waals surface area contributed by atoms with Crippen LogP contribution in [0.25, 0.3) is 0 Å². The molecule has 3 nitrogen and oxygen atoms in total. The van der Waals surface area contributed by atoms with Gasteiger partial charge in [-0.2, -0.15) is 0 Å². The molecule has 2 fully saturated rings. The minimum Gasteiger partial charge on any atom is -0.480 e. The minimum atomic E-state index is -0.835. The van der Waals surface area contributed by atoms with Gasteiger partial charge in [0.2, 0.25) is 0 Å². The van der Waals surface area contributed by atoms with E-state index in [4.69, 9.17) is 11.6 Å². The number of aliphatic carboxylic acids is 1. The quantitative estimate of drug-likeness (QED) is 0.850. The fraction of sp³-hybridized carbons (Fsp3) is 0.588. The van der Waals surface area contributed by atoms with E-state index >= 15 is 0 Å². The SMILES string of the molecule is O=C(O)C1(Nc2cccc(Cl)c2)CCC2(CCCC2)CC1. The first-order valence-corrected chi connectivity index (χ1v) is 8.19. The Labute approximate surface area is 130 Å². The number of rotatable bonds is 3. The maximum atomic E-state index is 11.9. The summed E-state index contributed by atoms with van der Waals surface area (Å²) in [4.78, 5) is 11.9. The maximum absolute atomic E-state index is 11.9. The van der Waals surface area contributed by atoms with E-state index < -0.39 is 11.5 Å². The smallest absolute Gasteiger partial charge is 0.329 e. The number of hydrogen-bond donors (Lipinski definition) is 2. The van der Waals surface area contributed by atoms with Crippen molar-refractivity contribution in [3.8, 4) is 0 Å². The molecule has 21 heavy (non-hydrogen) atoms. The summed E-state index contributed by atoms with van der Waals surface area (Å²) >= 11 is 6.00. The van der Waals surface area contributed by atoms with Crippen LogP contribution in [0.1, 0.15) is 51.4 Å². The van der Waals surface area contributed by atoms with Crippen molar-refractivity contribution >= 4 is 23.3 Å². The molecule has 0 saturated heterocycles. The van der Waals surface area contributed by atoms with E-state index in [0.717, 1.165) is 18.5 Å². The molecule has 4 heteroatoms. The fourth-order valence-corrected chi connectivity index (χ4v) is 4.26. The molecule has 1 spiro atoms. The molecular formula is C17H22ClNO2. The first-order chi connectivity index (χ1) is 10.0. The van der Waals surface area contributed by atoms with E-state index in [1.165, 1.54) is 25.7 Å². The van der Waals surface area contributed by atoms with E-state index in [2.05, 4.69) is 5.32 Å². The van der Waals surface area contributed by atoms with Crippen molar-refractivity contribution in [1.29, 1.82) is 0 Å². The van der Waals surface area contributed by atoms with Crippen LogP contribution in [0, 0.1) is 5.41 Å². The van der Waals surface area contributed by atoms with E-state index in [1.807, 2.05) is 12.1 Å². The van der Waals surface area contributed by atoms with Crippen LogP contribution >= 0.6 is 11.6 Å². The monoisotopic (exact) mass is 307 g/mol. The van der Waals surface area contributed by atoms with Gasteiger partial charge in [-0.05, 0) is 62.1 Å². The standard InChI is InChI=1S/C17H22ClNO2/c18-13-4-3-5-14(12-13)19-17(15(20)21)10-8-16(9-11-17)6-1-2-7-16/h3-5,12,19H,1-2,6-11H2,(H,20,21). The van der Waals surface area contributed by atoms with Gasteiger partial charge >= 0.3 is 5.97 Å². The number of halogens is 1. The van der Waals surface area contributed by atoms with Crippen molar-refractivity contribution in [2.24, 2.45) is 5.41 Å². The van der Waals surface area contributed by atoms with Gasteiger partial charge in [-0.1, -0.05) is 30.5 Å². The van der Waals surface area contributed by atoms with Gasteiger partial charge in [0.25, 0.3) is 0 Å². The third kappa shape index (κ3) is 2.89. The van der Waals surface area contributed by atoms with Crippen molar-refractivity contribution in [2.45, 2.75) is 56.9 Å². The Kier molecular flexibility index (Phi) is 3.87. The van der Waals surface area contributed by atoms with Gasteiger partial charge in [0.05, 0.1) is 0 Å². The van der Waals surface area contributed by atoms with E-state index in [-0.39, 0.29) is 0 Å². The first-order valence-electron chi connectivity index (χ1n) is 7.81. The number of nitrogens with one attached hydrogen (secondary N) is 1. The summed E-state index contributed by atoms with van der Waals surface area (Å²) < 4.78 is 0. The molecule has 0 unspecified atom stereocenters. The van der Waals surface area contributed by atoms with Crippen LogP contribution in [0.3, 0.4) is 0 Å². The second-order valence-electron chi connectivity index (χ2n) is 6.73. The van der Waals surface area contributed by atoms with Crippen LogP contribution in [0.4, 0.5) is 5.69 Å². The molecule has 0 aromatic heterocycles. The zero-order valence-corrected chi connectivity index (χ0v) is 13.0. The van der Waals surface area contributed by atoms with Crippen molar-refractivity contribution in [2.75, 3.05) is 5.32 Å². The van der Waals surface area contributed by atoms with Crippen LogP contribution in [0.5, 0.6) is 0 Å². The van der Waals surface area contributed by atoms with Gasteiger partial charge in [-0.15, -0.1) is 0 Å². The summed E-state index contributed by atoms with van der Waals surface area (Å²) in [5.74, 6) is -0.740. The topological polar surface area (TPSA) is 49.3 Å². The number of carbonyl (C=O) groups is 1. The van der Waals surface area contributed by atoms with Crippen molar-refractivity contribution in [3.63, 3.8) is 0 Å². The average molecular weight is 308 g/mol. The Morgan fingerprint density at radius 1 is 1.10 bits per heavy atom. The molecule has 2 aliphatic carbocycles. The molecule has 2 N–H and O–H groups in total. The number of anilines is 1. The van der Waals surface area contributed by atoms with Crippen LogP contribution in [-0.2, 0) is 4.79 Å². The Hall–Kier alpha value is -1.22. The van der Waals surface area contributed by atoms with Crippen molar-refractivity contribution < 1.29 is 9.90 Å². The molecule has 0 amide bonds. The van der Waals surface area contributed by atoms with Crippen LogP contribution < -0.4 is 5.32 Å². The number of carboxylic acids is 1. The highest BCUT2D eigenvalue weighted by molar-refractivity contribution is 6.30. The van der Waals surface area contributed by atoms with Gasteiger partial charge < -0.3 is 10.4 Å². The van der Waals surface area contributed by atoms with Crippen molar-refractivity contribution in [1.82, 2.24) is 0 Å². The Bertz CT molecular complexity index is 527. The third-order valence-electron chi connectivity index (χ3n) is 5.45. The van der Waals surface area contributed by atoms with Gasteiger partial charge in [-0.3, -0.25) is 0 Å². The second-order valence-corrected chi connectivity index (χ2v) is 7.17. The summed E-state index contributed by atoms with van der Waals surface area (Å²) in [5.41, 5.74) is 0.389. The molecule has 2 aliphatic rings. The predicted molar refractivity (Wildman–Crippen MR) is 84.8 cm³/mol. The van der Waals surface area contributed by atoms with E-state index in [0.29, 0.717) is 23.3 Å². The molecule has 0 aliphatic heterocycles. The van der Waals surface area contributed by atoms with Crippen LogP contribution in [-0.4, -0.2) is 16.6 Å². The average Bonchev–Trinajstić information content (AvgIpc) is 2.90. The van der Waals surface area contributed by atoms with Gasteiger partial charge in [-0.25, -0.2) is 4.79 Å². The molecule has 0 bridgehead atoms. The molecule has 3 rings (SSSR count). The lowest BCUT2D eigenvalue weighted by atomic mass is 9.66. The molecule has 1 aromatic carbocycles. The van der Waals surface area contributed by atoms with Crippen molar-refractivity contribution in [3.05, 3.63) is 29.3 Å². The fourth-order valence-electron chi connectivity index (χ4n) is 4.07. The molecule has 2 saturated carbocycles. The number of benzene rings is 1. The molecule has 1 aromatic rings. The first kappa shape index (κ1) is 14.7. The van der Waals surface area contributed by atoms with E-state index in [1.54, 1.807) is 12.1 Å². The Morgan fingerprint density at radius 3 is 2.33 bits per heavy atom. The molecule has 0 radical (unpaired) electrons. The van der Waals surface area contributed by atoms with Gasteiger partial charge in [0.1, 0.15) is 5.54 Å². The van der Waals surface area contributed by atoms with Gasteiger partial charge in [0.15, 0.2) is 0 Å². The zero-order chi connectivity index (χ0) is 14.9. The molecule has 0 heterocycles. The zero-order valence-electron chi connectivity index (χ0n) is 12.2. The lowest BCUT2D eigenvalue weighted by molar-refractivity contribution is -0.144. The van der Waals surface area contributed by atoms with Crippen LogP contribution in [0.15, 0.2) is 24.3 Å². The maximum Gasteiger partial charge on any atom is 0.329 e. The lowest BCUT2D eigenvalue weighted by Gasteiger charge is -2.43. The molecular weight excluding hydrogens is 286 g/mol. The van der Waals surface area contributed by atoms with Gasteiger partial charge in [0, 0.05) is 10.7 Å². The summed E-state index contributed by atoms with van der Waals surface area (Å²) in [5, 5.41) is 13.6. The number of hydrogen-bond acceptors (Lipinski definition) is 2. The lowest BCUT2D eigenvalue weighted by Crippen LogP contribution is -2.50. The highest BCUT2D eigenvalue weighted by atomic mass is 35.5. The largest absolute Gasteiger partial charge is 0.480 e. The Balaban J connectivity index is 1.77. The number of carboxylic acid groups (broad SMARTS) is 1. The normalized spacial score (nSPS) is 23.1. The molecule has 0 atom stereocenters. The second kappa shape index (κ2) is 5.53. The highest BCUT2D eigenvalue weighted by Crippen LogP contribution is 2.51. The third-order valence-corrected chi connectivity index (χ3v) is 5.68. The summed E-state index contributed by atoms with van der Waals surface area (Å²) in [6, 6.07) is 7.33. The summed E-state index contributed by atoms with van der Waals surface area (Å²) in [6.07, 6.45) is 8.62. The van der Waals surface area contributed by atoms with Crippen LogP contribution in [0.2, 0.25) is 5.02 Å². The summed E-state index contributed by atoms with van der Waals surface area (Å²) in [7, 11) is 0. The molecule has 114 valence electrons. The van der Waals surface area contributed by atoms with E-state index in [9.17, 15) is 9.90 Å². The minimum absolute atomic E-state index is 0.426. The summed E-state index contributed by atoms with van der Waals surface area (Å²) in [6.45, 7) is 0. The highest BCUT2D eigenvalue weighted by Gasteiger charge is 2.48. The predicted octanol–water partition coefficient (Wildman–Crippen LogP) is 4.71.